The van der Waals surface area contributed by atoms with Gasteiger partial charge in [0.05, 0.1) is 24.6 Å². The number of carboxylic acid groups (broad SMARTS) is 1. The van der Waals surface area contributed by atoms with E-state index in [0.717, 1.165) is 21.9 Å². The van der Waals surface area contributed by atoms with Gasteiger partial charge >= 0.3 is 5.97 Å². The molecule has 0 fully saturated rings. The van der Waals surface area contributed by atoms with Crippen molar-refractivity contribution in [3.05, 3.63) is 77.4 Å². The van der Waals surface area contributed by atoms with Gasteiger partial charge in [0.1, 0.15) is 5.75 Å². The van der Waals surface area contributed by atoms with E-state index in [9.17, 15) is 14.7 Å². The zero-order valence-electron chi connectivity index (χ0n) is 14.8. The Labute approximate surface area is 156 Å². The molecule has 0 saturated carbocycles. The van der Waals surface area contributed by atoms with Crippen molar-refractivity contribution in [2.45, 2.75) is 12.5 Å². The number of hydrogen-bond acceptors (Lipinski definition) is 3. The van der Waals surface area contributed by atoms with Gasteiger partial charge in [0, 0.05) is 5.39 Å². The Morgan fingerprint density at radius 2 is 1.78 bits per heavy atom. The number of rotatable bonds is 4. The average Bonchev–Trinajstić information content (AvgIpc) is 3.06. The van der Waals surface area contributed by atoms with Crippen LogP contribution in [0, 0.1) is 5.92 Å². The minimum Gasteiger partial charge on any atom is -0.496 e. The molecule has 0 aromatic heterocycles. The number of fused-ring (bicyclic) bond motifs is 2. The summed E-state index contributed by atoms with van der Waals surface area (Å²) in [5.41, 5.74) is 2.30. The summed E-state index contributed by atoms with van der Waals surface area (Å²) in [6.07, 6.45) is 0.412. The summed E-state index contributed by atoms with van der Waals surface area (Å²) < 4.78 is 5.43. The van der Waals surface area contributed by atoms with Crippen LogP contribution in [-0.2, 0) is 11.2 Å². The number of benzene rings is 3. The number of carbonyl (C=O) groups excluding carboxylic acids is 1. The van der Waals surface area contributed by atoms with Crippen LogP contribution in [0.2, 0.25) is 0 Å². The molecule has 0 radical (unpaired) electrons. The van der Waals surface area contributed by atoms with Crippen molar-refractivity contribution in [1.82, 2.24) is 5.32 Å². The number of carbonyl (C=O) groups is 2. The van der Waals surface area contributed by atoms with Crippen molar-refractivity contribution in [1.29, 1.82) is 0 Å². The van der Waals surface area contributed by atoms with E-state index < -0.39 is 17.9 Å². The Bertz CT molecular complexity index is 1040. The van der Waals surface area contributed by atoms with Gasteiger partial charge in [-0.25, -0.2) is 0 Å². The molecule has 2 atom stereocenters. The van der Waals surface area contributed by atoms with Gasteiger partial charge in [0.15, 0.2) is 0 Å². The topological polar surface area (TPSA) is 75.6 Å². The Balaban J connectivity index is 1.74. The molecule has 2 N–H and O–H groups in total. The predicted molar refractivity (Wildman–Crippen MR) is 102 cm³/mol. The van der Waals surface area contributed by atoms with Crippen LogP contribution in [0.5, 0.6) is 5.75 Å². The molecule has 136 valence electrons. The summed E-state index contributed by atoms with van der Waals surface area (Å²) in [7, 11) is 1.57. The summed E-state index contributed by atoms with van der Waals surface area (Å²) in [5, 5.41) is 14.2. The van der Waals surface area contributed by atoms with E-state index in [4.69, 9.17) is 4.74 Å². The molecule has 27 heavy (non-hydrogen) atoms. The van der Waals surface area contributed by atoms with E-state index >= 15 is 0 Å². The van der Waals surface area contributed by atoms with Crippen molar-refractivity contribution in [3.8, 4) is 5.75 Å². The Morgan fingerprint density at radius 1 is 1.04 bits per heavy atom. The molecule has 5 heteroatoms. The van der Waals surface area contributed by atoms with Gasteiger partial charge in [-0.15, -0.1) is 0 Å². The highest BCUT2D eigenvalue weighted by molar-refractivity contribution is 6.09. The first kappa shape index (κ1) is 17.1. The first-order valence-electron chi connectivity index (χ1n) is 8.77. The SMILES string of the molecule is COc1cccc2cccc(C(=O)N[C@H]3c4ccccc4C[C@H]3C(=O)O)c12. The van der Waals surface area contributed by atoms with Crippen LogP contribution in [-0.4, -0.2) is 24.1 Å². The Hall–Kier alpha value is -3.34. The highest BCUT2D eigenvalue weighted by atomic mass is 16.5. The van der Waals surface area contributed by atoms with Crippen LogP contribution in [0.1, 0.15) is 27.5 Å². The molecule has 0 unspecified atom stereocenters. The van der Waals surface area contributed by atoms with E-state index in [1.54, 1.807) is 13.2 Å². The van der Waals surface area contributed by atoms with Crippen molar-refractivity contribution >= 4 is 22.6 Å². The minimum atomic E-state index is -0.910. The number of methoxy groups -OCH3 is 1. The number of amides is 1. The fourth-order valence-corrected chi connectivity index (χ4v) is 3.89. The van der Waals surface area contributed by atoms with Crippen molar-refractivity contribution in [2.75, 3.05) is 7.11 Å². The standard InChI is InChI=1S/C22H19NO4/c1-27-18-11-5-8-13-7-4-10-16(19(13)18)21(24)23-20-15-9-3-2-6-14(15)12-17(20)22(25)26/h2-11,17,20H,12H2,1H3,(H,23,24)(H,25,26)/t17-,20+/m1/s1. The summed E-state index contributed by atoms with van der Waals surface area (Å²) in [6, 6.07) is 18.0. The average molecular weight is 361 g/mol. The molecule has 3 aromatic carbocycles. The number of ether oxygens (including phenoxy) is 1. The molecule has 1 aliphatic carbocycles. The maximum Gasteiger partial charge on any atom is 0.309 e. The lowest BCUT2D eigenvalue weighted by Crippen LogP contribution is -2.34. The van der Waals surface area contributed by atoms with E-state index in [2.05, 4.69) is 5.32 Å². The summed E-state index contributed by atoms with van der Waals surface area (Å²) in [6.45, 7) is 0. The Kier molecular flexibility index (Phi) is 4.28. The molecule has 0 aliphatic heterocycles. The smallest absolute Gasteiger partial charge is 0.309 e. The highest BCUT2D eigenvalue weighted by Crippen LogP contribution is 2.37. The molecule has 3 aromatic rings. The molecule has 0 saturated heterocycles. The molecular weight excluding hydrogens is 342 g/mol. The molecule has 1 aliphatic rings. The fourth-order valence-electron chi connectivity index (χ4n) is 3.89. The third-order valence-corrected chi connectivity index (χ3v) is 5.17. The molecule has 1 amide bonds. The van der Waals surface area contributed by atoms with Gasteiger partial charge in [0.2, 0.25) is 0 Å². The normalized spacial score (nSPS) is 18.1. The fraction of sp³-hybridized carbons (Fsp3) is 0.182. The molecule has 0 heterocycles. The summed E-state index contributed by atoms with van der Waals surface area (Å²) >= 11 is 0. The van der Waals surface area contributed by atoms with Crippen LogP contribution < -0.4 is 10.1 Å². The van der Waals surface area contributed by atoms with Gasteiger partial charge in [-0.05, 0) is 35.1 Å². The Morgan fingerprint density at radius 3 is 2.52 bits per heavy atom. The number of nitrogens with one attached hydrogen (secondary N) is 1. The van der Waals surface area contributed by atoms with Gasteiger partial charge in [-0.3, -0.25) is 9.59 Å². The second-order valence-electron chi connectivity index (χ2n) is 6.66. The second-order valence-corrected chi connectivity index (χ2v) is 6.66. The molecular formula is C22H19NO4. The maximum absolute atomic E-state index is 13.1. The van der Waals surface area contributed by atoms with Crippen molar-refractivity contribution < 1.29 is 19.4 Å². The van der Waals surface area contributed by atoms with E-state index in [-0.39, 0.29) is 5.91 Å². The van der Waals surface area contributed by atoms with Crippen molar-refractivity contribution in [3.63, 3.8) is 0 Å². The van der Waals surface area contributed by atoms with Gasteiger partial charge in [-0.1, -0.05) is 48.5 Å². The number of carboxylic acids is 1. The summed E-state index contributed by atoms with van der Waals surface area (Å²) in [4.78, 5) is 24.8. The lowest BCUT2D eigenvalue weighted by Gasteiger charge is -2.20. The lowest BCUT2D eigenvalue weighted by atomic mass is 9.98. The highest BCUT2D eigenvalue weighted by Gasteiger charge is 2.38. The quantitative estimate of drug-likeness (QED) is 0.745. The molecule has 4 rings (SSSR count). The van der Waals surface area contributed by atoms with Crippen LogP contribution >= 0.6 is 0 Å². The maximum atomic E-state index is 13.1. The van der Waals surface area contributed by atoms with Gasteiger partial charge in [-0.2, -0.15) is 0 Å². The molecule has 0 spiro atoms. The van der Waals surface area contributed by atoms with Gasteiger partial charge < -0.3 is 15.2 Å². The minimum absolute atomic E-state index is 0.307. The zero-order chi connectivity index (χ0) is 19.0. The second kappa shape index (κ2) is 6.76. The monoisotopic (exact) mass is 361 g/mol. The summed E-state index contributed by atoms with van der Waals surface area (Å²) in [5.74, 6) is -1.28. The molecule has 0 bridgehead atoms. The van der Waals surface area contributed by atoms with E-state index in [0.29, 0.717) is 17.7 Å². The third kappa shape index (κ3) is 2.91. The third-order valence-electron chi connectivity index (χ3n) is 5.17. The van der Waals surface area contributed by atoms with Crippen LogP contribution in [0.25, 0.3) is 10.8 Å². The van der Waals surface area contributed by atoms with E-state index in [1.807, 2.05) is 54.6 Å². The van der Waals surface area contributed by atoms with Crippen LogP contribution in [0.4, 0.5) is 0 Å². The first-order valence-corrected chi connectivity index (χ1v) is 8.77. The molecule has 5 nitrogen and oxygen atoms in total. The zero-order valence-corrected chi connectivity index (χ0v) is 14.8. The lowest BCUT2D eigenvalue weighted by molar-refractivity contribution is -0.142. The number of hydrogen-bond donors (Lipinski definition) is 2. The van der Waals surface area contributed by atoms with Crippen LogP contribution in [0.3, 0.4) is 0 Å². The number of aliphatic carboxylic acids is 1. The largest absolute Gasteiger partial charge is 0.496 e. The predicted octanol–water partition coefficient (Wildman–Crippen LogP) is 3.58. The van der Waals surface area contributed by atoms with Gasteiger partial charge in [0.25, 0.3) is 5.91 Å². The first-order chi connectivity index (χ1) is 13.1. The van der Waals surface area contributed by atoms with Crippen molar-refractivity contribution in [2.24, 2.45) is 5.92 Å². The van der Waals surface area contributed by atoms with Crippen LogP contribution in [0.15, 0.2) is 60.7 Å². The van der Waals surface area contributed by atoms with E-state index in [1.165, 1.54) is 0 Å².